The van der Waals surface area contributed by atoms with Crippen LogP contribution < -0.4 is 20.5 Å². The Morgan fingerprint density at radius 1 is 1.32 bits per heavy atom. The standard InChI is InChI=1S/C21H29FN6O3/c1-3-4-16(7-9-29)31-21-26-19(23)20-25-13-15(28(20)27-21)11-14-5-6-17(12-18(14)22)30-10-8-24-2/h5-6,12-13,16,24,29H,3-4,7-11H2,1-2H3,(H2,23,26,27). The van der Waals surface area contributed by atoms with Gasteiger partial charge in [0.15, 0.2) is 11.5 Å². The molecule has 2 heterocycles. The zero-order valence-corrected chi connectivity index (χ0v) is 17.8. The molecule has 0 aliphatic heterocycles. The van der Waals surface area contributed by atoms with Crippen LogP contribution in [0.25, 0.3) is 5.65 Å². The van der Waals surface area contributed by atoms with Crippen LogP contribution >= 0.6 is 0 Å². The lowest BCUT2D eigenvalue weighted by molar-refractivity contribution is 0.133. The third-order valence-corrected chi connectivity index (χ3v) is 4.79. The number of fused-ring (bicyclic) bond motifs is 1. The first kappa shape index (κ1) is 22.7. The van der Waals surface area contributed by atoms with E-state index in [1.807, 2.05) is 14.0 Å². The molecule has 0 bridgehead atoms. The van der Waals surface area contributed by atoms with Crippen molar-refractivity contribution in [2.45, 2.75) is 38.7 Å². The van der Waals surface area contributed by atoms with Crippen molar-refractivity contribution in [1.82, 2.24) is 24.9 Å². The van der Waals surface area contributed by atoms with E-state index in [0.717, 1.165) is 12.8 Å². The number of rotatable bonds is 12. The van der Waals surface area contributed by atoms with Gasteiger partial charge >= 0.3 is 6.01 Å². The van der Waals surface area contributed by atoms with Crippen LogP contribution in [0, 0.1) is 5.82 Å². The quantitative estimate of drug-likeness (QED) is 0.372. The molecule has 0 aliphatic carbocycles. The smallest absolute Gasteiger partial charge is 0.336 e. The van der Waals surface area contributed by atoms with Crippen LogP contribution in [0.15, 0.2) is 24.4 Å². The second-order valence-electron chi connectivity index (χ2n) is 7.19. The van der Waals surface area contributed by atoms with E-state index in [9.17, 15) is 9.50 Å². The molecule has 3 rings (SSSR count). The number of halogens is 1. The first-order chi connectivity index (χ1) is 15.0. The molecular weight excluding hydrogens is 403 g/mol. The zero-order chi connectivity index (χ0) is 22.2. The lowest BCUT2D eigenvalue weighted by atomic mass is 10.1. The number of ether oxygens (including phenoxy) is 2. The van der Waals surface area contributed by atoms with Gasteiger partial charge in [0.2, 0.25) is 0 Å². The number of hydrogen-bond donors (Lipinski definition) is 3. The summed E-state index contributed by atoms with van der Waals surface area (Å²) >= 11 is 0. The summed E-state index contributed by atoms with van der Waals surface area (Å²) in [6.45, 7) is 3.17. The minimum atomic E-state index is -0.374. The van der Waals surface area contributed by atoms with E-state index in [2.05, 4.69) is 20.4 Å². The predicted octanol–water partition coefficient (Wildman–Crippen LogP) is 1.96. The summed E-state index contributed by atoms with van der Waals surface area (Å²) in [7, 11) is 1.83. The number of aromatic nitrogens is 4. The molecule has 0 fully saturated rings. The van der Waals surface area contributed by atoms with Crippen LogP contribution in [-0.2, 0) is 6.42 Å². The van der Waals surface area contributed by atoms with Gasteiger partial charge in [-0.3, -0.25) is 0 Å². The molecular formula is C21H29FN6O3. The minimum absolute atomic E-state index is 0.00661. The van der Waals surface area contributed by atoms with Crippen molar-refractivity contribution in [3.63, 3.8) is 0 Å². The van der Waals surface area contributed by atoms with Gasteiger partial charge in [-0.2, -0.15) is 4.98 Å². The molecule has 1 aromatic carbocycles. The maximum absolute atomic E-state index is 14.6. The monoisotopic (exact) mass is 432 g/mol. The summed E-state index contributed by atoms with van der Waals surface area (Å²) in [5, 5.41) is 16.6. The van der Waals surface area contributed by atoms with Crippen LogP contribution in [-0.4, -0.2) is 57.6 Å². The van der Waals surface area contributed by atoms with Crippen molar-refractivity contribution in [2.75, 3.05) is 32.5 Å². The third-order valence-electron chi connectivity index (χ3n) is 4.79. The van der Waals surface area contributed by atoms with E-state index in [-0.39, 0.29) is 36.8 Å². The van der Waals surface area contributed by atoms with E-state index in [0.29, 0.717) is 42.2 Å². The fraction of sp³-hybridized carbons (Fsp3) is 0.476. The number of nitrogen functional groups attached to an aromatic ring is 1. The van der Waals surface area contributed by atoms with Crippen molar-refractivity contribution in [3.05, 3.63) is 41.5 Å². The molecule has 168 valence electrons. The molecule has 2 aromatic heterocycles. The number of imidazole rings is 1. The van der Waals surface area contributed by atoms with E-state index in [4.69, 9.17) is 15.2 Å². The number of nitrogens with two attached hydrogens (primary N) is 1. The fourth-order valence-electron chi connectivity index (χ4n) is 3.20. The Balaban J connectivity index is 1.82. The van der Waals surface area contributed by atoms with Gasteiger partial charge < -0.3 is 25.6 Å². The molecule has 9 nitrogen and oxygen atoms in total. The zero-order valence-electron chi connectivity index (χ0n) is 17.8. The average molecular weight is 433 g/mol. The van der Waals surface area contributed by atoms with E-state index in [1.165, 1.54) is 10.6 Å². The lowest BCUT2D eigenvalue weighted by Crippen LogP contribution is -2.20. The Bertz CT molecular complexity index is 991. The van der Waals surface area contributed by atoms with Crippen LogP contribution in [0.2, 0.25) is 0 Å². The summed E-state index contributed by atoms with van der Waals surface area (Å²) in [6, 6.07) is 4.89. The van der Waals surface area contributed by atoms with Crippen LogP contribution in [0.1, 0.15) is 37.4 Å². The summed E-state index contributed by atoms with van der Waals surface area (Å²) in [4.78, 5) is 8.44. The highest BCUT2D eigenvalue weighted by Crippen LogP contribution is 2.22. The highest BCUT2D eigenvalue weighted by Gasteiger charge is 2.17. The van der Waals surface area contributed by atoms with Gasteiger partial charge in [0.25, 0.3) is 0 Å². The Hall–Kier alpha value is -2.98. The SMILES string of the molecule is CCCC(CCO)Oc1nc(N)c2ncc(Cc3ccc(OCCNC)cc3F)n2n1. The third kappa shape index (κ3) is 5.80. The van der Waals surface area contributed by atoms with Crippen LogP contribution in [0.5, 0.6) is 11.8 Å². The summed E-state index contributed by atoms with van der Waals surface area (Å²) in [5.74, 6) is 0.272. The molecule has 0 saturated heterocycles. The molecule has 31 heavy (non-hydrogen) atoms. The summed E-state index contributed by atoms with van der Waals surface area (Å²) in [6.07, 6.45) is 3.76. The van der Waals surface area contributed by atoms with E-state index < -0.39 is 0 Å². The average Bonchev–Trinajstić information content (AvgIpc) is 3.14. The molecule has 4 N–H and O–H groups in total. The number of aliphatic hydroxyl groups is 1. The van der Waals surface area contributed by atoms with Crippen molar-refractivity contribution in [3.8, 4) is 11.8 Å². The number of hydrogen-bond acceptors (Lipinski definition) is 8. The van der Waals surface area contributed by atoms with Gasteiger partial charge in [-0.1, -0.05) is 19.4 Å². The van der Waals surface area contributed by atoms with Crippen molar-refractivity contribution in [1.29, 1.82) is 0 Å². The van der Waals surface area contributed by atoms with Gasteiger partial charge in [0.05, 0.1) is 11.9 Å². The number of likely N-dealkylation sites (N-methyl/N-ethyl adjacent to an activating group) is 1. The van der Waals surface area contributed by atoms with E-state index in [1.54, 1.807) is 18.3 Å². The number of benzene rings is 1. The highest BCUT2D eigenvalue weighted by molar-refractivity contribution is 5.59. The van der Waals surface area contributed by atoms with Gasteiger partial charge in [0, 0.05) is 32.1 Å². The van der Waals surface area contributed by atoms with Gasteiger partial charge in [-0.15, -0.1) is 5.10 Å². The highest BCUT2D eigenvalue weighted by atomic mass is 19.1. The normalized spacial score (nSPS) is 12.3. The first-order valence-corrected chi connectivity index (χ1v) is 10.4. The predicted molar refractivity (Wildman–Crippen MR) is 115 cm³/mol. The molecule has 1 unspecified atom stereocenters. The second-order valence-corrected chi connectivity index (χ2v) is 7.19. The molecule has 3 aromatic rings. The molecule has 10 heteroatoms. The van der Waals surface area contributed by atoms with Gasteiger partial charge in [-0.05, 0) is 25.1 Å². The number of nitrogens with zero attached hydrogens (tertiary/aromatic N) is 4. The maximum Gasteiger partial charge on any atom is 0.336 e. The second kappa shape index (κ2) is 10.9. The van der Waals surface area contributed by atoms with Crippen molar-refractivity contribution < 1.29 is 19.0 Å². The van der Waals surface area contributed by atoms with Gasteiger partial charge in [0.1, 0.15) is 24.3 Å². The molecule has 0 spiro atoms. The minimum Gasteiger partial charge on any atom is -0.492 e. The maximum atomic E-state index is 14.6. The number of anilines is 1. The summed E-state index contributed by atoms with van der Waals surface area (Å²) < 4.78 is 27.5. The number of aliphatic hydroxyl groups excluding tert-OH is 1. The Kier molecular flexibility index (Phi) is 7.96. The van der Waals surface area contributed by atoms with Crippen LogP contribution in [0.3, 0.4) is 0 Å². The summed E-state index contributed by atoms with van der Waals surface area (Å²) in [5.41, 5.74) is 7.54. The molecule has 0 radical (unpaired) electrons. The molecule has 0 amide bonds. The van der Waals surface area contributed by atoms with Crippen molar-refractivity contribution >= 4 is 11.5 Å². The fourth-order valence-corrected chi connectivity index (χ4v) is 3.20. The van der Waals surface area contributed by atoms with Crippen molar-refractivity contribution in [2.24, 2.45) is 0 Å². The van der Waals surface area contributed by atoms with Gasteiger partial charge in [-0.25, -0.2) is 13.9 Å². The Morgan fingerprint density at radius 2 is 2.16 bits per heavy atom. The van der Waals surface area contributed by atoms with E-state index >= 15 is 0 Å². The molecule has 1 atom stereocenters. The Morgan fingerprint density at radius 3 is 2.87 bits per heavy atom. The Labute approximate surface area is 180 Å². The largest absolute Gasteiger partial charge is 0.492 e. The molecule has 0 saturated carbocycles. The topological polar surface area (TPSA) is 120 Å². The number of nitrogens with one attached hydrogen (secondary N) is 1. The molecule has 0 aliphatic rings. The first-order valence-electron chi connectivity index (χ1n) is 10.4. The lowest BCUT2D eigenvalue weighted by Gasteiger charge is -2.16. The van der Waals surface area contributed by atoms with Crippen LogP contribution in [0.4, 0.5) is 10.2 Å².